The maximum atomic E-state index is 5.25. The van der Waals surface area contributed by atoms with Gasteiger partial charge in [-0.3, -0.25) is 4.99 Å². The summed E-state index contributed by atoms with van der Waals surface area (Å²) in [5.41, 5.74) is 0. The fourth-order valence-electron chi connectivity index (χ4n) is 2.96. The molecule has 1 aliphatic rings. The molecule has 22 heavy (non-hydrogen) atoms. The molecule has 0 radical (unpaired) electrons. The molecular formula is C17H36IN3O. The third-order valence-corrected chi connectivity index (χ3v) is 4.19. The van der Waals surface area contributed by atoms with Crippen LogP contribution in [0.15, 0.2) is 4.99 Å². The van der Waals surface area contributed by atoms with Gasteiger partial charge in [0.2, 0.25) is 0 Å². The molecule has 1 fully saturated rings. The van der Waals surface area contributed by atoms with Gasteiger partial charge in [0, 0.05) is 39.7 Å². The highest BCUT2D eigenvalue weighted by molar-refractivity contribution is 14.0. The van der Waals surface area contributed by atoms with Crippen LogP contribution in [-0.2, 0) is 4.74 Å². The molecule has 0 spiro atoms. The maximum Gasteiger partial charge on any atom is 0.193 e. The Bertz CT molecular complexity index is 298. The summed E-state index contributed by atoms with van der Waals surface area (Å²) < 4.78 is 5.25. The normalized spacial score (nSPS) is 18.7. The number of ether oxygens (including phenoxy) is 1. The smallest absolute Gasteiger partial charge is 0.193 e. The predicted molar refractivity (Wildman–Crippen MR) is 106 cm³/mol. The van der Waals surface area contributed by atoms with E-state index in [-0.39, 0.29) is 24.0 Å². The van der Waals surface area contributed by atoms with Crippen LogP contribution in [0.2, 0.25) is 0 Å². The molecule has 132 valence electrons. The summed E-state index contributed by atoms with van der Waals surface area (Å²) >= 11 is 0. The van der Waals surface area contributed by atoms with Crippen molar-refractivity contribution in [2.24, 2.45) is 16.8 Å². The van der Waals surface area contributed by atoms with Gasteiger partial charge in [-0.05, 0) is 18.8 Å². The molecule has 0 aromatic rings. The van der Waals surface area contributed by atoms with Gasteiger partial charge in [-0.1, -0.05) is 39.5 Å². The molecule has 0 saturated carbocycles. The molecule has 1 heterocycles. The van der Waals surface area contributed by atoms with Crippen molar-refractivity contribution in [2.75, 3.05) is 40.4 Å². The summed E-state index contributed by atoms with van der Waals surface area (Å²) in [6, 6.07) is 0. The molecule has 0 aromatic heterocycles. The fraction of sp³-hybridized carbons (Fsp3) is 0.941. The molecule has 0 bridgehead atoms. The van der Waals surface area contributed by atoms with Gasteiger partial charge in [0.1, 0.15) is 0 Å². The zero-order chi connectivity index (χ0) is 15.5. The zero-order valence-electron chi connectivity index (χ0n) is 14.9. The summed E-state index contributed by atoms with van der Waals surface area (Å²) in [4.78, 5) is 6.78. The Morgan fingerprint density at radius 1 is 1.27 bits per heavy atom. The van der Waals surface area contributed by atoms with E-state index in [1.807, 2.05) is 7.05 Å². The molecule has 1 aliphatic heterocycles. The van der Waals surface area contributed by atoms with Crippen molar-refractivity contribution < 1.29 is 4.74 Å². The number of hydrogen-bond acceptors (Lipinski definition) is 2. The third kappa shape index (κ3) is 9.18. The van der Waals surface area contributed by atoms with Crippen LogP contribution in [0.5, 0.6) is 0 Å². The number of methoxy groups -OCH3 is 1. The lowest BCUT2D eigenvalue weighted by Gasteiger charge is -2.21. The Kier molecular flexibility index (Phi) is 13.4. The minimum atomic E-state index is 0. The van der Waals surface area contributed by atoms with E-state index in [4.69, 9.17) is 4.74 Å². The Morgan fingerprint density at radius 2 is 2.00 bits per heavy atom. The minimum absolute atomic E-state index is 0. The number of rotatable bonds is 9. The zero-order valence-corrected chi connectivity index (χ0v) is 17.3. The summed E-state index contributed by atoms with van der Waals surface area (Å²) in [6.07, 6.45) is 7.87. The third-order valence-electron chi connectivity index (χ3n) is 4.19. The quantitative estimate of drug-likeness (QED) is 0.265. The van der Waals surface area contributed by atoms with Crippen molar-refractivity contribution in [3.63, 3.8) is 0 Å². The van der Waals surface area contributed by atoms with Crippen LogP contribution >= 0.6 is 24.0 Å². The molecular weight excluding hydrogens is 389 g/mol. The van der Waals surface area contributed by atoms with Crippen molar-refractivity contribution in [3.05, 3.63) is 0 Å². The first-order valence-electron chi connectivity index (χ1n) is 8.62. The van der Waals surface area contributed by atoms with Crippen LogP contribution < -0.4 is 5.32 Å². The highest BCUT2D eigenvalue weighted by Crippen LogP contribution is 2.16. The van der Waals surface area contributed by atoms with Gasteiger partial charge in [-0.2, -0.15) is 0 Å². The van der Waals surface area contributed by atoms with Crippen LogP contribution in [0.25, 0.3) is 0 Å². The molecule has 0 amide bonds. The number of unbranched alkanes of at least 4 members (excludes halogenated alkanes) is 3. The molecule has 0 aromatic carbocycles. The molecule has 4 nitrogen and oxygen atoms in total. The molecule has 1 rings (SSSR count). The first-order valence-corrected chi connectivity index (χ1v) is 8.62. The molecule has 1 unspecified atom stereocenters. The van der Waals surface area contributed by atoms with Gasteiger partial charge < -0.3 is 15.0 Å². The maximum absolute atomic E-state index is 5.25. The topological polar surface area (TPSA) is 36.9 Å². The summed E-state index contributed by atoms with van der Waals surface area (Å²) in [6.45, 7) is 8.68. The van der Waals surface area contributed by atoms with Crippen LogP contribution in [-0.4, -0.2) is 51.3 Å². The fourth-order valence-corrected chi connectivity index (χ4v) is 2.96. The number of nitrogens with zero attached hydrogens (tertiary/aromatic N) is 2. The number of halogens is 1. The van der Waals surface area contributed by atoms with E-state index in [9.17, 15) is 0 Å². The number of guanidine groups is 1. The largest absolute Gasteiger partial charge is 0.384 e. The van der Waals surface area contributed by atoms with Crippen LogP contribution in [0.4, 0.5) is 0 Å². The lowest BCUT2D eigenvalue weighted by atomic mass is 10.0. The molecule has 5 heteroatoms. The van der Waals surface area contributed by atoms with Gasteiger partial charge >= 0.3 is 0 Å². The summed E-state index contributed by atoms with van der Waals surface area (Å²) in [5, 5.41) is 3.51. The van der Waals surface area contributed by atoms with Crippen molar-refractivity contribution in [3.8, 4) is 0 Å². The van der Waals surface area contributed by atoms with Crippen LogP contribution in [0, 0.1) is 11.8 Å². The van der Waals surface area contributed by atoms with Crippen molar-refractivity contribution >= 4 is 29.9 Å². The first-order chi connectivity index (χ1) is 10.2. The average molecular weight is 425 g/mol. The van der Waals surface area contributed by atoms with Gasteiger partial charge in [0.25, 0.3) is 0 Å². The number of aliphatic imine (C=N–C) groups is 1. The Labute approximate surface area is 154 Å². The number of hydrogen-bond donors (Lipinski definition) is 1. The van der Waals surface area contributed by atoms with Crippen LogP contribution in [0.3, 0.4) is 0 Å². The van der Waals surface area contributed by atoms with E-state index in [0.717, 1.165) is 38.1 Å². The highest BCUT2D eigenvalue weighted by Gasteiger charge is 2.24. The summed E-state index contributed by atoms with van der Waals surface area (Å²) in [7, 11) is 3.67. The monoisotopic (exact) mass is 425 g/mol. The van der Waals surface area contributed by atoms with Crippen molar-refractivity contribution in [1.82, 2.24) is 10.2 Å². The van der Waals surface area contributed by atoms with Gasteiger partial charge in [0.15, 0.2) is 5.96 Å². The van der Waals surface area contributed by atoms with E-state index in [1.54, 1.807) is 7.11 Å². The number of nitrogens with one attached hydrogen (secondary N) is 1. The minimum Gasteiger partial charge on any atom is -0.384 e. The molecule has 0 aliphatic carbocycles. The first kappa shape index (κ1) is 22.0. The lowest BCUT2D eigenvalue weighted by Crippen LogP contribution is -2.40. The van der Waals surface area contributed by atoms with E-state index < -0.39 is 0 Å². The Hall–Kier alpha value is -0.0400. The lowest BCUT2D eigenvalue weighted by molar-refractivity contribution is 0.157. The average Bonchev–Trinajstić information content (AvgIpc) is 2.90. The SMILES string of the molecule is CN=C(NCCCCCCC(C)C)N1CCC(COC)C1.I. The van der Waals surface area contributed by atoms with E-state index in [1.165, 1.54) is 38.5 Å². The molecule has 1 atom stereocenters. The second-order valence-corrected chi connectivity index (χ2v) is 6.63. The Balaban J connectivity index is 0.00000441. The standard InChI is InChI=1S/C17H35N3O.HI/c1-15(2)9-7-5-6-8-11-19-17(18-3)20-12-10-16(13-20)14-21-4;/h15-16H,5-14H2,1-4H3,(H,18,19);1H. The molecule has 1 N–H and O–H groups in total. The van der Waals surface area contributed by atoms with E-state index >= 15 is 0 Å². The predicted octanol–water partition coefficient (Wildman–Crippen LogP) is 3.75. The molecule has 1 saturated heterocycles. The van der Waals surface area contributed by atoms with Gasteiger partial charge in [0.05, 0.1) is 6.61 Å². The number of likely N-dealkylation sites (tertiary alicyclic amines) is 1. The van der Waals surface area contributed by atoms with E-state index in [2.05, 4.69) is 29.1 Å². The second-order valence-electron chi connectivity index (χ2n) is 6.63. The van der Waals surface area contributed by atoms with Gasteiger partial charge in [-0.15, -0.1) is 24.0 Å². The second kappa shape index (κ2) is 13.4. The summed E-state index contributed by atoms with van der Waals surface area (Å²) in [5.74, 6) is 2.57. The van der Waals surface area contributed by atoms with E-state index in [0.29, 0.717) is 5.92 Å². The van der Waals surface area contributed by atoms with Crippen molar-refractivity contribution in [1.29, 1.82) is 0 Å². The van der Waals surface area contributed by atoms with Crippen molar-refractivity contribution in [2.45, 2.75) is 52.4 Å². The Morgan fingerprint density at radius 3 is 2.64 bits per heavy atom. The van der Waals surface area contributed by atoms with Crippen LogP contribution in [0.1, 0.15) is 52.4 Å². The van der Waals surface area contributed by atoms with Gasteiger partial charge in [-0.25, -0.2) is 0 Å². The highest BCUT2D eigenvalue weighted by atomic mass is 127.